The summed E-state index contributed by atoms with van der Waals surface area (Å²) in [6.45, 7) is 0. The lowest BCUT2D eigenvalue weighted by Gasteiger charge is -2.26. The number of carbonyl (C=O) groups excluding carboxylic acids is 1. The predicted octanol–water partition coefficient (Wildman–Crippen LogP) is 1.36. The largest absolute Gasteiger partial charge is 0.365 e. The first-order chi connectivity index (χ1) is 12.3. The third-order valence-electron chi connectivity index (χ3n) is 4.23. The molecule has 0 aliphatic carbocycles. The molecule has 1 aliphatic rings. The minimum atomic E-state index is -3.26. The van der Waals surface area contributed by atoms with Crippen molar-refractivity contribution in [3.8, 4) is 6.07 Å². The number of nitrogens with one attached hydrogen (secondary N) is 1. The Morgan fingerprint density at radius 3 is 2.69 bits per heavy atom. The van der Waals surface area contributed by atoms with Gasteiger partial charge in [0.1, 0.15) is 11.4 Å². The van der Waals surface area contributed by atoms with Crippen LogP contribution in [-0.4, -0.2) is 35.6 Å². The van der Waals surface area contributed by atoms with E-state index >= 15 is 0 Å². The molecule has 1 aliphatic heterocycles. The van der Waals surface area contributed by atoms with Crippen molar-refractivity contribution in [2.45, 2.75) is 12.5 Å². The minimum Gasteiger partial charge on any atom is -0.365 e. The monoisotopic (exact) mass is 377 g/mol. The second-order valence-corrected chi connectivity index (χ2v) is 8.30. The third-order valence-corrected chi connectivity index (χ3v) is 5.96. The Morgan fingerprint density at radius 2 is 2.08 bits per heavy atom. The molecule has 0 radical (unpaired) electrons. The average Bonchev–Trinajstić information content (AvgIpc) is 3.00. The van der Waals surface area contributed by atoms with Crippen molar-refractivity contribution in [3.63, 3.8) is 0 Å². The van der Waals surface area contributed by atoms with Gasteiger partial charge in [0, 0.05) is 11.9 Å². The molecule has 3 N–H and O–H groups in total. The highest BCUT2D eigenvalue weighted by molar-refractivity contribution is 7.91. The summed E-state index contributed by atoms with van der Waals surface area (Å²) >= 11 is 0. The van der Waals surface area contributed by atoms with Crippen LogP contribution >= 0.6 is 0 Å². The Labute approximate surface area is 149 Å². The van der Waals surface area contributed by atoms with Gasteiger partial charge in [0.25, 0.3) is 5.91 Å². The molecular formula is C16H16FN5O3S. The van der Waals surface area contributed by atoms with Crippen molar-refractivity contribution >= 4 is 27.2 Å². The van der Waals surface area contributed by atoms with Crippen LogP contribution in [0.2, 0.25) is 0 Å². The van der Waals surface area contributed by atoms with Crippen LogP contribution < -0.4 is 11.1 Å². The molecule has 1 aromatic heterocycles. The fourth-order valence-corrected chi connectivity index (χ4v) is 4.52. The van der Waals surface area contributed by atoms with Crippen LogP contribution in [0.15, 0.2) is 30.5 Å². The van der Waals surface area contributed by atoms with E-state index in [4.69, 9.17) is 5.73 Å². The van der Waals surface area contributed by atoms with Crippen LogP contribution in [0.3, 0.4) is 0 Å². The van der Waals surface area contributed by atoms with Crippen LogP contribution in [0.25, 0.3) is 0 Å². The van der Waals surface area contributed by atoms with Crippen molar-refractivity contribution in [1.29, 1.82) is 5.26 Å². The molecule has 2 heterocycles. The quantitative estimate of drug-likeness (QED) is 0.827. The van der Waals surface area contributed by atoms with E-state index in [2.05, 4.69) is 10.4 Å². The van der Waals surface area contributed by atoms with Crippen LogP contribution in [0.1, 0.15) is 22.8 Å². The number of halogens is 1. The molecule has 1 saturated heterocycles. The number of hydrogen-bond donors (Lipinski definition) is 2. The van der Waals surface area contributed by atoms with E-state index in [9.17, 15) is 22.9 Å². The van der Waals surface area contributed by atoms with Crippen molar-refractivity contribution in [2.75, 3.05) is 16.8 Å². The first kappa shape index (κ1) is 17.9. The molecule has 0 saturated carbocycles. The zero-order chi connectivity index (χ0) is 18.9. The molecular weight excluding hydrogens is 361 g/mol. The maximum absolute atomic E-state index is 13.0. The average molecular weight is 377 g/mol. The number of primary amides is 1. The Hall–Kier alpha value is -2.93. The molecule has 1 fully saturated rings. The molecule has 2 aromatic rings. The number of aromatic nitrogens is 2. The Bertz CT molecular complexity index is 978. The highest BCUT2D eigenvalue weighted by Gasteiger charge is 2.35. The molecule has 2 atom stereocenters. The highest BCUT2D eigenvalue weighted by Crippen LogP contribution is 2.31. The Kier molecular flexibility index (Phi) is 4.65. The fraction of sp³-hybridized carbons (Fsp3) is 0.312. The lowest BCUT2D eigenvalue weighted by atomic mass is 10.0. The Balaban J connectivity index is 1.93. The van der Waals surface area contributed by atoms with Crippen molar-refractivity contribution in [1.82, 2.24) is 9.78 Å². The minimum absolute atomic E-state index is 0.0532. The van der Waals surface area contributed by atoms with E-state index in [1.165, 1.54) is 35.1 Å². The van der Waals surface area contributed by atoms with Gasteiger partial charge < -0.3 is 11.1 Å². The van der Waals surface area contributed by atoms with E-state index in [1.807, 2.05) is 6.07 Å². The molecule has 136 valence electrons. The number of carbonyl (C=O) groups is 1. The number of nitrogens with zero attached hydrogens (tertiary/aromatic N) is 3. The smallest absolute Gasteiger partial charge is 0.254 e. The van der Waals surface area contributed by atoms with E-state index in [1.54, 1.807) is 0 Å². The standard InChI is InChI=1S/C16H16FN5O3S/c17-11-1-3-12(4-2-11)20-16-13(15(19)23)8-22(21-16)14-5-6-26(24,25)9-10(14)7-18/h1-4,8,10,14H,5-6,9H2,(H2,19,23)(H,20,21)/t10-,14?/m1/s1. The molecule has 3 rings (SSSR count). The summed E-state index contributed by atoms with van der Waals surface area (Å²) in [5, 5.41) is 16.5. The van der Waals surface area contributed by atoms with E-state index in [-0.39, 0.29) is 29.3 Å². The Morgan fingerprint density at radius 1 is 1.38 bits per heavy atom. The fourth-order valence-electron chi connectivity index (χ4n) is 2.91. The third kappa shape index (κ3) is 3.67. The van der Waals surface area contributed by atoms with E-state index in [0.717, 1.165) is 0 Å². The van der Waals surface area contributed by atoms with Gasteiger partial charge >= 0.3 is 0 Å². The zero-order valence-corrected chi connectivity index (χ0v) is 14.4. The van der Waals surface area contributed by atoms with Gasteiger partial charge in [-0.25, -0.2) is 12.8 Å². The van der Waals surface area contributed by atoms with E-state index < -0.39 is 33.5 Å². The number of amides is 1. The summed E-state index contributed by atoms with van der Waals surface area (Å²) < 4.78 is 37.9. The van der Waals surface area contributed by atoms with Crippen LogP contribution in [0, 0.1) is 23.1 Å². The van der Waals surface area contributed by atoms with Gasteiger partial charge in [-0.1, -0.05) is 0 Å². The van der Waals surface area contributed by atoms with Crippen molar-refractivity contribution in [3.05, 3.63) is 41.8 Å². The lowest BCUT2D eigenvalue weighted by Crippen LogP contribution is -2.34. The number of hydrogen-bond acceptors (Lipinski definition) is 6. The van der Waals surface area contributed by atoms with Gasteiger partial charge in [-0.3, -0.25) is 9.48 Å². The second-order valence-electron chi connectivity index (χ2n) is 6.07. The normalized spacial score (nSPS) is 21.7. The number of anilines is 2. The van der Waals surface area contributed by atoms with Gasteiger partial charge in [0.15, 0.2) is 15.7 Å². The van der Waals surface area contributed by atoms with Crippen LogP contribution in [-0.2, 0) is 9.84 Å². The van der Waals surface area contributed by atoms with Crippen LogP contribution in [0.5, 0.6) is 0 Å². The number of nitrogens with two attached hydrogens (primary N) is 1. The van der Waals surface area contributed by atoms with Gasteiger partial charge in [0.2, 0.25) is 0 Å². The molecule has 1 amide bonds. The maximum atomic E-state index is 13.0. The summed E-state index contributed by atoms with van der Waals surface area (Å²) in [4.78, 5) is 11.7. The topological polar surface area (TPSA) is 131 Å². The highest BCUT2D eigenvalue weighted by atomic mass is 32.2. The number of nitriles is 1. The molecule has 1 aromatic carbocycles. The van der Waals surface area contributed by atoms with E-state index in [0.29, 0.717) is 5.69 Å². The molecule has 26 heavy (non-hydrogen) atoms. The van der Waals surface area contributed by atoms with Gasteiger partial charge in [-0.05, 0) is 30.7 Å². The first-order valence-corrected chi connectivity index (χ1v) is 9.63. The zero-order valence-electron chi connectivity index (χ0n) is 13.6. The van der Waals surface area contributed by atoms with Crippen molar-refractivity contribution < 1.29 is 17.6 Å². The molecule has 0 spiro atoms. The number of sulfone groups is 1. The summed E-state index contributed by atoms with van der Waals surface area (Å²) in [5.74, 6) is -2.04. The SMILES string of the molecule is N#C[C@@H]1CS(=O)(=O)CCC1n1cc(C(N)=O)c(Nc2ccc(F)cc2)n1. The predicted molar refractivity (Wildman–Crippen MR) is 91.8 cm³/mol. The summed E-state index contributed by atoms with van der Waals surface area (Å²) in [6.07, 6.45) is 1.62. The lowest BCUT2D eigenvalue weighted by molar-refractivity contribution is 0.100. The number of rotatable bonds is 4. The molecule has 10 heteroatoms. The molecule has 8 nitrogen and oxygen atoms in total. The molecule has 0 bridgehead atoms. The second kappa shape index (κ2) is 6.76. The van der Waals surface area contributed by atoms with Crippen LogP contribution in [0.4, 0.5) is 15.9 Å². The number of benzene rings is 1. The maximum Gasteiger partial charge on any atom is 0.254 e. The van der Waals surface area contributed by atoms with Crippen molar-refractivity contribution in [2.24, 2.45) is 11.7 Å². The summed E-state index contributed by atoms with van der Waals surface area (Å²) in [5.41, 5.74) is 5.99. The summed E-state index contributed by atoms with van der Waals surface area (Å²) in [6, 6.07) is 6.98. The van der Waals surface area contributed by atoms with Gasteiger partial charge in [0.05, 0.1) is 29.5 Å². The summed E-state index contributed by atoms with van der Waals surface area (Å²) in [7, 11) is -3.26. The molecule has 1 unspecified atom stereocenters. The first-order valence-electron chi connectivity index (χ1n) is 7.80. The van der Waals surface area contributed by atoms with Gasteiger partial charge in [-0.2, -0.15) is 10.4 Å². The van der Waals surface area contributed by atoms with Gasteiger partial charge in [-0.15, -0.1) is 0 Å².